The largest absolute Gasteiger partial charge is 0.372 e. The van der Waals surface area contributed by atoms with Crippen LogP contribution < -0.4 is 4.90 Å². The first-order valence-electron chi connectivity index (χ1n) is 9.73. The second kappa shape index (κ2) is 6.65. The average Bonchev–Trinajstić information content (AvgIpc) is 3.10. The van der Waals surface area contributed by atoms with E-state index in [0.717, 1.165) is 34.4 Å². The molecule has 0 aliphatic carbocycles. The van der Waals surface area contributed by atoms with Crippen molar-refractivity contribution in [3.63, 3.8) is 0 Å². The van der Waals surface area contributed by atoms with Crippen molar-refractivity contribution < 1.29 is 0 Å². The van der Waals surface area contributed by atoms with Gasteiger partial charge in [0.15, 0.2) is 11.5 Å². The SMILES string of the molecule is Cc1nnc2c3ccccc3c(Cc3ccc(N4CCCCC4)cc3)nn12. The highest BCUT2D eigenvalue weighted by Gasteiger charge is 2.14. The Hall–Kier alpha value is -2.95. The van der Waals surface area contributed by atoms with Crippen molar-refractivity contribution in [1.82, 2.24) is 19.8 Å². The predicted molar refractivity (Wildman–Crippen MR) is 108 cm³/mol. The van der Waals surface area contributed by atoms with Gasteiger partial charge in [-0.1, -0.05) is 36.4 Å². The molecule has 1 saturated heterocycles. The summed E-state index contributed by atoms with van der Waals surface area (Å²) < 4.78 is 1.86. The van der Waals surface area contributed by atoms with Gasteiger partial charge in [-0.2, -0.15) is 9.61 Å². The molecule has 0 saturated carbocycles. The molecular weight excluding hydrogens is 334 g/mol. The lowest BCUT2D eigenvalue weighted by Gasteiger charge is -2.28. The fourth-order valence-corrected chi connectivity index (χ4v) is 4.05. The molecular formula is C22H23N5. The molecule has 5 heteroatoms. The van der Waals surface area contributed by atoms with Crippen molar-refractivity contribution in [2.75, 3.05) is 18.0 Å². The third-order valence-electron chi connectivity index (χ3n) is 5.53. The third-order valence-corrected chi connectivity index (χ3v) is 5.53. The minimum atomic E-state index is 0.800. The molecule has 136 valence electrons. The first-order valence-corrected chi connectivity index (χ1v) is 9.73. The van der Waals surface area contributed by atoms with Gasteiger partial charge in [0.1, 0.15) is 0 Å². The molecule has 3 heterocycles. The second-order valence-corrected chi connectivity index (χ2v) is 7.37. The van der Waals surface area contributed by atoms with Gasteiger partial charge in [0, 0.05) is 36.0 Å². The van der Waals surface area contributed by atoms with E-state index in [0.29, 0.717) is 0 Å². The van der Waals surface area contributed by atoms with Gasteiger partial charge in [-0.05, 0) is 43.9 Å². The minimum absolute atomic E-state index is 0.800. The zero-order chi connectivity index (χ0) is 18.2. The van der Waals surface area contributed by atoms with Crippen LogP contribution in [0.25, 0.3) is 16.4 Å². The predicted octanol–water partition coefficient (Wildman–Crippen LogP) is 4.17. The molecule has 1 aliphatic heterocycles. The van der Waals surface area contributed by atoms with Crippen molar-refractivity contribution in [2.45, 2.75) is 32.6 Å². The van der Waals surface area contributed by atoms with Gasteiger partial charge in [-0.3, -0.25) is 0 Å². The highest BCUT2D eigenvalue weighted by molar-refractivity contribution is 5.95. The number of aromatic nitrogens is 4. The van der Waals surface area contributed by atoms with Gasteiger partial charge in [0.05, 0.1) is 5.69 Å². The van der Waals surface area contributed by atoms with Gasteiger partial charge in [0.2, 0.25) is 0 Å². The lowest BCUT2D eigenvalue weighted by molar-refractivity contribution is 0.578. The third kappa shape index (κ3) is 2.93. The van der Waals surface area contributed by atoms with Crippen LogP contribution in [-0.4, -0.2) is 32.9 Å². The Kier molecular flexibility index (Phi) is 4.00. The number of rotatable bonds is 3. The fraction of sp³-hybridized carbons (Fsp3) is 0.318. The van der Waals surface area contributed by atoms with Gasteiger partial charge in [0.25, 0.3) is 0 Å². The molecule has 0 radical (unpaired) electrons. The Morgan fingerprint density at radius 1 is 0.852 bits per heavy atom. The molecule has 0 N–H and O–H groups in total. The molecule has 5 rings (SSSR count). The Morgan fingerprint density at radius 3 is 2.37 bits per heavy atom. The number of anilines is 1. The highest BCUT2D eigenvalue weighted by atomic mass is 15.4. The van der Waals surface area contributed by atoms with E-state index in [4.69, 9.17) is 5.10 Å². The summed E-state index contributed by atoms with van der Waals surface area (Å²) in [5.41, 5.74) is 4.50. The molecule has 1 aliphatic rings. The van der Waals surface area contributed by atoms with E-state index in [9.17, 15) is 0 Å². The summed E-state index contributed by atoms with van der Waals surface area (Å²) in [6, 6.07) is 17.3. The summed E-state index contributed by atoms with van der Waals surface area (Å²) in [4.78, 5) is 2.49. The molecule has 4 aromatic rings. The maximum absolute atomic E-state index is 4.85. The maximum Gasteiger partial charge on any atom is 0.185 e. The molecule has 0 spiro atoms. The van der Waals surface area contributed by atoms with Crippen molar-refractivity contribution in [2.24, 2.45) is 0 Å². The number of piperidine rings is 1. The zero-order valence-electron chi connectivity index (χ0n) is 15.6. The summed E-state index contributed by atoms with van der Waals surface area (Å²) in [5.74, 6) is 0.817. The quantitative estimate of drug-likeness (QED) is 0.552. The Balaban J connectivity index is 1.51. The van der Waals surface area contributed by atoms with Gasteiger partial charge < -0.3 is 4.90 Å². The lowest BCUT2D eigenvalue weighted by Crippen LogP contribution is -2.29. The molecule has 0 amide bonds. The Labute approximate surface area is 158 Å². The van der Waals surface area contributed by atoms with Crippen LogP contribution in [-0.2, 0) is 6.42 Å². The molecule has 1 fully saturated rings. The normalized spacial score (nSPS) is 14.9. The first-order chi connectivity index (χ1) is 13.3. The number of benzene rings is 2. The molecule has 27 heavy (non-hydrogen) atoms. The first kappa shape index (κ1) is 16.2. The van der Waals surface area contributed by atoms with Crippen LogP contribution in [0.1, 0.15) is 36.3 Å². The van der Waals surface area contributed by atoms with E-state index in [-0.39, 0.29) is 0 Å². The van der Waals surface area contributed by atoms with Gasteiger partial charge >= 0.3 is 0 Å². The van der Waals surface area contributed by atoms with Crippen molar-refractivity contribution in [3.8, 4) is 0 Å². The monoisotopic (exact) mass is 357 g/mol. The topological polar surface area (TPSA) is 46.3 Å². The van der Waals surface area contributed by atoms with Crippen LogP contribution in [0, 0.1) is 6.92 Å². The van der Waals surface area contributed by atoms with Crippen LogP contribution >= 0.6 is 0 Å². The van der Waals surface area contributed by atoms with Crippen LogP contribution in [0.15, 0.2) is 48.5 Å². The summed E-state index contributed by atoms with van der Waals surface area (Å²) >= 11 is 0. The van der Waals surface area contributed by atoms with E-state index in [2.05, 4.69) is 57.6 Å². The Bertz CT molecular complexity index is 1090. The van der Waals surface area contributed by atoms with Crippen LogP contribution in [0.3, 0.4) is 0 Å². The summed E-state index contributed by atoms with van der Waals surface area (Å²) in [6.45, 7) is 4.29. The smallest absolute Gasteiger partial charge is 0.185 e. The molecule has 2 aromatic carbocycles. The molecule has 5 nitrogen and oxygen atoms in total. The van der Waals surface area contributed by atoms with Gasteiger partial charge in [-0.25, -0.2) is 0 Å². The highest BCUT2D eigenvalue weighted by Crippen LogP contribution is 2.25. The van der Waals surface area contributed by atoms with Crippen LogP contribution in [0.5, 0.6) is 0 Å². The van der Waals surface area contributed by atoms with Gasteiger partial charge in [-0.15, -0.1) is 10.2 Å². The molecule has 0 bridgehead atoms. The van der Waals surface area contributed by atoms with Crippen molar-refractivity contribution in [1.29, 1.82) is 0 Å². The number of nitrogens with zero attached hydrogens (tertiary/aromatic N) is 5. The number of hydrogen-bond donors (Lipinski definition) is 0. The van der Waals surface area contributed by atoms with E-state index >= 15 is 0 Å². The van der Waals surface area contributed by atoms with E-state index in [1.165, 1.54) is 43.6 Å². The lowest BCUT2D eigenvalue weighted by atomic mass is 10.0. The van der Waals surface area contributed by atoms with E-state index in [1.807, 2.05) is 17.5 Å². The maximum atomic E-state index is 4.85. The Morgan fingerprint density at radius 2 is 1.59 bits per heavy atom. The fourth-order valence-electron chi connectivity index (χ4n) is 4.05. The molecule has 0 atom stereocenters. The average molecular weight is 357 g/mol. The summed E-state index contributed by atoms with van der Waals surface area (Å²) in [6.07, 6.45) is 4.76. The number of fused-ring (bicyclic) bond motifs is 3. The van der Waals surface area contributed by atoms with E-state index in [1.54, 1.807) is 0 Å². The standard InChI is InChI=1S/C22H23N5/c1-16-23-24-22-20-8-4-3-7-19(20)21(25-27(16)22)15-17-9-11-18(12-10-17)26-13-5-2-6-14-26/h3-4,7-12H,2,5-6,13-15H2,1H3. The molecule has 2 aromatic heterocycles. The van der Waals surface area contributed by atoms with Crippen molar-refractivity contribution in [3.05, 3.63) is 65.6 Å². The molecule has 0 unspecified atom stereocenters. The summed E-state index contributed by atoms with van der Waals surface area (Å²) in [7, 11) is 0. The minimum Gasteiger partial charge on any atom is -0.372 e. The zero-order valence-corrected chi connectivity index (χ0v) is 15.6. The van der Waals surface area contributed by atoms with Crippen molar-refractivity contribution >= 4 is 22.1 Å². The van der Waals surface area contributed by atoms with Crippen LogP contribution in [0.2, 0.25) is 0 Å². The second-order valence-electron chi connectivity index (χ2n) is 7.37. The number of hydrogen-bond acceptors (Lipinski definition) is 4. The summed E-state index contributed by atoms with van der Waals surface area (Å²) in [5, 5.41) is 15.6. The number of aryl methyl sites for hydroxylation is 1. The van der Waals surface area contributed by atoms with Crippen LogP contribution in [0.4, 0.5) is 5.69 Å². The van der Waals surface area contributed by atoms with E-state index < -0.39 is 0 Å².